The van der Waals surface area contributed by atoms with Crippen LogP contribution in [0.4, 0.5) is 5.69 Å². The first-order chi connectivity index (χ1) is 9.70. The van der Waals surface area contributed by atoms with Crippen LogP contribution in [0.5, 0.6) is 0 Å². The zero-order valence-electron chi connectivity index (χ0n) is 10.9. The van der Waals surface area contributed by atoms with E-state index in [9.17, 15) is 14.9 Å². The Kier molecular flexibility index (Phi) is 5.03. The highest BCUT2D eigenvalue weighted by Crippen LogP contribution is 2.24. The summed E-state index contributed by atoms with van der Waals surface area (Å²) >= 11 is 0. The number of carbonyl (C=O) groups excluding carboxylic acids is 1. The van der Waals surface area contributed by atoms with Gasteiger partial charge in [-0.05, 0) is 25.0 Å². The van der Waals surface area contributed by atoms with E-state index in [1.54, 1.807) is 12.1 Å². The number of nitro benzene ring substituents is 1. The molecule has 1 aliphatic heterocycles. The molecule has 1 fully saturated rings. The Morgan fingerprint density at radius 1 is 1.30 bits per heavy atom. The average molecular weight is 280 g/mol. The van der Waals surface area contributed by atoms with Crippen molar-refractivity contribution in [3.05, 3.63) is 39.9 Å². The Labute approximate surface area is 116 Å². The van der Waals surface area contributed by atoms with Gasteiger partial charge in [-0.3, -0.25) is 14.9 Å². The van der Waals surface area contributed by atoms with E-state index < -0.39 is 11.2 Å². The van der Waals surface area contributed by atoms with E-state index in [2.05, 4.69) is 5.32 Å². The number of benzene rings is 1. The lowest BCUT2D eigenvalue weighted by molar-refractivity contribution is -0.384. The molecule has 1 amide bonds. The standard InChI is InChI=1S/C13H16N2O5/c16-9-14-11-2-1-7-19-13(20-8-11)10-3-5-12(6-4-10)15(17)18/h3-6,9,11,13H,1-2,7-8H2,(H,14,16)/t11-,13+/m1/s1. The Hall–Kier alpha value is -1.99. The summed E-state index contributed by atoms with van der Waals surface area (Å²) in [6.45, 7) is 0.860. The molecule has 0 unspecified atom stereocenters. The second-order valence-corrected chi connectivity index (χ2v) is 4.51. The molecule has 0 aliphatic carbocycles. The Bertz CT molecular complexity index is 462. The molecule has 1 saturated heterocycles. The first kappa shape index (κ1) is 14.4. The normalized spacial score (nSPS) is 23.4. The maximum atomic E-state index is 10.6. The lowest BCUT2D eigenvalue weighted by atomic mass is 10.1. The fourth-order valence-electron chi connectivity index (χ4n) is 2.03. The van der Waals surface area contributed by atoms with E-state index in [-0.39, 0.29) is 11.7 Å². The van der Waals surface area contributed by atoms with E-state index in [0.29, 0.717) is 19.6 Å². The van der Waals surface area contributed by atoms with Crippen LogP contribution in [0, 0.1) is 10.1 Å². The van der Waals surface area contributed by atoms with Gasteiger partial charge in [0.25, 0.3) is 5.69 Å². The molecule has 20 heavy (non-hydrogen) atoms. The molecule has 1 aromatic carbocycles. The molecule has 1 N–H and O–H groups in total. The Morgan fingerprint density at radius 3 is 2.70 bits per heavy atom. The largest absolute Gasteiger partial charge is 0.354 e. The van der Waals surface area contributed by atoms with Gasteiger partial charge in [0.1, 0.15) is 0 Å². The number of non-ortho nitro benzene ring substituents is 1. The predicted octanol–water partition coefficient (Wildman–Crippen LogP) is 1.53. The first-order valence-corrected chi connectivity index (χ1v) is 6.38. The number of hydrogen-bond donors (Lipinski definition) is 1. The monoisotopic (exact) mass is 280 g/mol. The van der Waals surface area contributed by atoms with Gasteiger partial charge in [-0.2, -0.15) is 0 Å². The minimum Gasteiger partial charge on any atom is -0.354 e. The molecule has 0 bridgehead atoms. The van der Waals surface area contributed by atoms with E-state index in [4.69, 9.17) is 9.47 Å². The van der Waals surface area contributed by atoms with Gasteiger partial charge in [0.05, 0.1) is 24.2 Å². The van der Waals surface area contributed by atoms with Gasteiger partial charge >= 0.3 is 0 Å². The predicted molar refractivity (Wildman–Crippen MR) is 70.0 cm³/mol. The maximum Gasteiger partial charge on any atom is 0.269 e. The molecule has 2 rings (SSSR count). The summed E-state index contributed by atoms with van der Waals surface area (Å²) in [5.41, 5.74) is 0.752. The van der Waals surface area contributed by atoms with Crippen molar-refractivity contribution in [3.63, 3.8) is 0 Å². The zero-order chi connectivity index (χ0) is 14.4. The summed E-state index contributed by atoms with van der Waals surface area (Å²) in [7, 11) is 0. The van der Waals surface area contributed by atoms with Crippen LogP contribution in [0.15, 0.2) is 24.3 Å². The van der Waals surface area contributed by atoms with Crippen molar-refractivity contribution in [3.8, 4) is 0 Å². The highest BCUT2D eigenvalue weighted by molar-refractivity contribution is 5.46. The molecule has 1 heterocycles. The molecule has 7 heteroatoms. The van der Waals surface area contributed by atoms with Gasteiger partial charge in [-0.1, -0.05) is 0 Å². The number of nitrogens with zero attached hydrogens (tertiary/aromatic N) is 1. The lowest BCUT2D eigenvalue weighted by Gasteiger charge is -2.25. The number of ether oxygens (including phenoxy) is 2. The third kappa shape index (κ3) is 3.75. The van der Waals surface area contributed by atoms with E-state index in [0.717, 1.165) is 18.4 Å². The van der Waals surface area contributed by atoms with Crippen molar-refractivity contribution in [2.75, 3.05) is 13.2 Å². The number of amides is 1. The zero-order valence-corrected chi connectivity index (χ0v) is 10.9. The summed E-state index contributed by atoms with van der Waals surface area (Å²) < 4.78 is 11.2. The second kappa shape index (κ2) is 6.97. The van der Waals surface area contributed by atoms with Gasteiger partial charge in [0, 0.05) is 17.7 Å². The quantitative estimate of drug-likeness (QED) is 0.513. The average Bonchev–Trinajstić information content (AvgIpc) is 2.42. The van der Waals surface area contributed by atoms with Crippen LogP contribution in [0.1, 0.15) is 24.7 Å². The van der Waals surface area contributed by atoms with Crippen molar-refractivity contribution < 1.29 is 19.2 Å². The van der Waals surface area contributed by atoms with Crippen LogP contribution in [0.2, 0.25) is 0 Å². The number of hydrogen-bond acceptors (Lipinski definition) is 5. The minimum absolute atomic E-state index is 0.0279. The van der Waals surface area contributed by atoms with Gasteiger partial charge in [0.2, 0.25) is 6.41 Å². The van der Waals surface area contributed by atoms with Gasteiger partial charge in [-0.15, -0.1) is 0 Å². The molecular formula is C13H16N2O5. The van der Waals surface area contributed by atoms with Crippen LogP contribution >= 0.6 is 0 Å². The van der Waals surface area contributed by atoms with Gasteiger partial charge in [-0.25, -0.2) is 0 Å². The first-order valence-electron chi connectivity index (χ1n) is 6.38. The molecule has 7 nitrogen and oxygen atoms in total. The van der Waals surface area contributed by atoms with E-state index in [1.807, 2.05) is 0 Å². The summed E-state index contributed by atoms with van der Waals surface area (Å²) in [4.78, 5) is 20.6. The van der Waals surface area contributed by atoms with Crippen molar-refractivity contribution in [2.45, 2.75) is 25.2 Å². The SMILES string of the molecule is O=CN[C@@H]1CCCO[C@H](c2ccc([N+](=O)[O-])cc2)OC1. The number of nitrogens with one attached hydrogen (secondary N) is 1. The van der Waals surface area contributed by atoms with E-state index in [1.165, 1.54) is 12.1 Å². The van der Waals surface area contributed by atoms with Crippen LogP contribution < -0.4 is 5.32 Å². The van der Waals surface area contributed by atoms with Crippen LogP contribution in [-0.2, 0) is 14.3 Å². The van der Waals surface area contributed by atoms with Crippen LogP contribution in [-0.4, -0.2) is 30.6 Å². The highest BCUT2D eigenvalue weighted by Gasteiger charge is 2.19. The third-order valence-corrected chi connectivity index (χ3v) is 3.09. The number of carbonyl (C=O) groups is 1. The van der Waals surface area contributed by atoms with Crippen molar-refractivity contribution >= 4 is 12.1 Å². The number of nitro groups is 1. The molecule has 0 aromatic heterocycles. The molecule has 1 aromatic rings. The lowest BCUT2D eigenvalue weighted by Crippen LogP contribution is -2.35. The molecule has 0 radical (unpaired) electrons. The van der Waals surface area contributed by atoms with Crippen molar-refractivity contribution in [1.29, 1.82) is 0 Å². The fraction of sp³-hybridized carbons (Fsp3) is 0.462. The van der Waals surface area contributed by atoms with Gasteiger partial charge < -0.3 is 14.8 Å². The molecule has 2 atom stereocenters. The summed E-state index contributed by atoms with van der Waals surface area (Å²) in [5, 5.41) is 13.3. The highest BCUT2D eigenvalue weighted by atomic mass is 16.7. The smallest absolute Gasteiger partial charge is 0.269 e. The fourth-order valence-corrected chi connectivity index (χ4v) is 2.03. The maximum absolute atomic E-state index is 10.6. The van der Waals surface area contributed by atoms with E-state index >= 15 is 0 Å². The Morgan fingerprint density at radius 2 is 2.05 bits per heavy atom. The molecule has 0 spiro atoms. The van der Waals surface area contributed by atoms with Crippen molar-refractivity contribution in [1.82, 2.24) is 5.32 Å². The Balaban J connectivity index is 2.02. The van der Waals surface area contributed by atoms with Crippen LogP contribution in [0.3, 0.4) is 0 Å². The minimum atomic E-state index is -0.563. The summed E-state index contributed by atoms with van der Waals surface area (Å²) in [5.74, 6) is 0. The topological polar surface area (TPSA) is 90.7 Å². The van der Waals surface area contributed by atoms with Crippen molar-refractivity contribution in [2.24, 2.45) is 0 Å². The van der Waals surface area contributed by atoms with Crippen LogP contribution in [0.25, 0.3) is 0 Å². The molecule has 0 saturated carbocycles. The summed E-state index contributed by atoms with van der Waals surface area (Å²) in [6.07, 6.45) is 1.72. The van der Waals surface area contributed by atoms with Gasteiger partial charge in [0.15, 0.2) is 6.29 Å². The molecule has 1 aliphatic rings. The molecular weight excluding hydrogens is 264 g/mol. The summed E-state index contributed by atoms with van der Waals surface area (Å²) in [6, 6.07) is 6.04. The number of rotatable bonds is 4. The second-order valence-electron chi connectivity index (χ2n) is 4.51. The molecule has 108 valence electrons. The third-order valence-electron chi connectivity index (χ3n) is 3.09.